The third kappa shape index (κ3) is 4.51. The van der Waals surface area contributed by atoms with Crippen LogP contribution in [0.5, 0.6) is 0 Å². The molecule has 19 heavy (non-hydrogen) atoms. The van der Waals surface area contributed by atoms with Gasteiger partial charge in [0, 0.05) is 10.1 Å². The van der Waals surface area contributed by atoms with Crippen LogP contribution >= 0.6 is 23.1 Å². The van der Waals surface area contributed by atoms with Gasteiger partial charge < -0.3 is 10.4 Å². The molecule has 3 nitrogen and oxygen atoms in total. The van der Waals surface area contributed by atoms with Crippen LogP contribution in [0.2, 0.25) is 0 Å². The maximum Gasteiger partial charge on any atom is 0.230 e. The Morgan fingerprint density at radius 2 is 2.32 bits per heavy atom. The normalized spacial score (nSPS) is 19.3. The Bertz CT molecular complexity index is 398. The predicted molar refractivity (Wildman–Crippen MR) is 81.6 cm³/mol. The second kappa shape index (κ2) is 6.77. The molecule has 2 rings (SSSR count). The van der Waals surface area contributed by atoms with Gasteiger partial charge in [-0.15, -0.1) is 23.1 Å². The smallest absolute Gasteiger partial charge is 0.230 e. The number of hydrogen-bond donors (Lipinski definition) is 2. The first kappa shape index (κ1) is 14.9. The van der Waals surface area contributed by atoms with E-state index in [9.17, 15) is 9.90 Å². The van der Waals surface area contributed by atoms with Crippen molar-refractivity contribution >= 4 is 29.0 Å². The average molecular weight is 299 g/mol. The minimum atomic E-state index is -0.970. The lowest BCUT2D eigenvalue weighted by molar-refractivity contribution is -0.119. The Hall–Kier alpha value is -0.520. The molecule has 5 heteroatoms. The topological polar surface area (TPSA) is 49.3 Å². The van der Waals surface area contributed by atoms with Crippen LogP contribution < -0.4 is 5.32 Å². The molecule has 0 bridgehead atoms. The van der Waals surface area contributed by atoms with Crippen molar-refractivity contribution in [2.75, 3.05) is 12.3 Å². The molecule has 0 radical (unpaired) electrons. The maximum atomic E-state index is 11.8. The van der Waals surface area contributed by atoms with Gasteiger partial charge in [0.15, 0.2) is 0 Å². The van der Waals surface area contributed by atoms with Gasteiger partial charge in [-0.2, -0.15) is 0 Å². The van der Waals surface area contributed by atoms with Crippen molar-refractivity contribution in [3.63, 3.8) is 0 Å². The van der Waals surface area contributed by atoms with E-state index in [0.717, 1.165) is 4.88 Å². The van der Waals surface area contributed by atoms with E-state index < -0.39 is 5.60 Å². The fourth-order valence-electron chi connectivity index (χ4n) is 2.24. The third-order valence-electron chi connectivity index (χ3n) is 3.43. The molecule has 1 aliphatic carbocycles. The molecule has 0 aliphatic heterocycles. The molecule has 106 valence electrons. The number of carbonyl (C=O) groups excluding carboxylic acids is 1. The van der Waals surface area contributed by atoms with Gasteiger partial charge in [0.2, 0.25) is 5.91 Å². The maximum absolute atomic E-state index is 11.8. The van der Waals surface area contributed by atoms with E-state index in [2.05, 4.69) is 5.32 Å². The Morgan fingerprint density at radius 1 is 1.58 bits per heavy atom. The minimum absolute atomic E-state index is 0.0220. The zero-order valence-electron chi connectivity index (χ0n) is 11.2. The van der Waals surface area contributed by atoms with Gasteiger partial charge in [-0.3, -0.25) is 4.79 Å². The van der Waals surface area contributed by atoms with E-state index in [1.807, 2.05) is 17.5 Å². The largest absolute Gasteiger partial charge is 0.383 e. The van der Waals surface area contributed by atoms with Gasteiger partial charge in [0.25, 0.3) is 0 Å². The summed E-state index contributed by atoms with van der Waals surface area (Å²) in [7, 11) is 0. The van der Waals surface area contributed by atoms with Crippen molar-refractivity contribution in [3.8, 4) is 0 Å². The standard InChI is InChI=1S/C14H21NO2S2/c1-14(17,12-7-4-8-18-12)10-15-13(16)9-19-11-5-2-3-6-11/h4,7-8,11,17H,2-3,5-6,9-10H2,1H3,(H,15,16). The molecule has 1 aromatic heterocycles. The van der Waals surface area contributed by atoms with Crippen molar-refractivity contribution in [1.82, 2.24) is 5.32 Å². The number of rotatable bonds is 6. The number of nitrogens with one attached hydrogen (secondary N) is 1. The van der Waals surface area contributed by atoms with Crippen molar-refractivity contribution in [2.24, 2.45) is 0 Å². The van der Waals surface area contributed by atoms with E-state index >= 15 is 0 Å². The van der Waals surface area contributed by atoms with Gasteiger partial charge in [0.1, 0.15) is 5.60 Å². The number of thiophene rings is 1. The lowest BCUT2D eigenvalue weighted by atomic mass is 10.1. The van der Waals surface area contributed by atoms with Crippen LogP contribution in [0.25, 0.3) is 0 Å². The summed E-state index contributed by atoms with van der Waals surface area (Å²) >= 11 is 3.26. The molecule has 1 saturated carbocycles. The number of amides is 1. The van der Waals surface area contributed by atoms with Crippen LogP contribution in [0.1, 0.15) is 37.5 Å². The van der Waals surface area contributed by atoms with Crippen LogP contribution in [0, 0.1) is 0 Å². The van der Waals surface area contributed by atoms with Gasteiger partial charge in [0.05, 0.1) is 12.3 Å². The molecular formula is C14H21NO2S2. The van der Waals surface area contributed by atoms with Crippen LogP contribution in [0.3, 0.4) is 0 Å². The molecule has 0 spiro atoms. The summed E-state index contributed by atoms with van der Waals surface area (Å²) in [6.45, 7) is 2.01. The second-order valence-electron chi connectivity index (χ2n) is 5.25. The highest BCUT2D eigenvalue weighted by molar-refractivity contribution is 8.00. The van der Waals surface area contributed by atoms with E-state index in [4.69, 9.17) is 0 Å². The fraction of sp³-hybridized carbons (Fsp3) is 0.643. The molecule has 1 heterocycles. The molecule has 1 unspecified atom stereocenters. The fourth-order valence-corrected chi connectivity index (χ4v) is 4.19. The first-order valence-corrected chi connectivity index (χ1v) is 8.65. The van der Waals surface area contributed by atoms with Crippen molar-refractivity contribution in [2.45, 2.75) is 43.5 Å². The van der Waals surface area contributed by atoms with Crippen LogP contribution in [0.15, 0.2) is 17.5 Å². The Morgan fingerprint density at radius 3 is 2.95 bits per heavy atom. The molecule has 0 saturated heterocycles. The first-order valence-electron chi connectivity index (χ1n) is 6.72. The highest BCUT2D eigenvalue weighted by Gasteiger charge is 2.25. The Balaban J connectivity index is 1.70. The molecular weight excluding hydrogens is 278 g/mol. The Kier molecular flexibility index (Phi) is 5.30. The third-order valence-corrected chi connectivity index (χ3v) is 5.93. The summed E-state index contributed by atoms with van der Waals surface area (Å²) in [6.07, 6.45) is 5.08. The number of carbonyl (C=O) groups is 1. The number of thioether (sulfide) groups is 1. The van der Waals surface area contributed by atoms with Crippen molar-refractivity contribution in [3.05, 3.63) is 22.4 Å². The highest BCUT2D eigenvalue weighted by atomic mass is 32.2. The average Bonchev–Trinajstić information content (AvgIpc) is 3.06. The molecule has 2 N–H and O–H groups in total. The predicted octanol–water partition coefficient (Wildman–Crippen LogP) is 2.75. The molecule has 1 aliphatic rings. The second-order valence-corrected chi connectivity index (χ2v) is 7.48. The summed E-state index contributed by atoms with van der Waals surface area (Å²) < 4.78 is 0. The van der Waals surface area contributed by atoms with E-state index in [-0.39, 0.29) is 12.5 Å². The summed E-state index contributed by atoms with van der Waals surface area (Å²) in [5.41, 5.74) is -0.970. The molecule has 1 atom stereocenters. The van der Waals surface area contributed by atoms with E-state index in [1.165, 1.54) is 37.0 Å². The monoisotopic (exact) mass is 299 g/mol. The van der Waals surface area contributed by atoms with Gasteiger partial charge in [-0.25, -0.2) is 0 Å². The Labute approximate surface area is 122 Å². The SMILES string of the molecule is CC(O)(CNC(=O)CSC1CCCC1)c1cccs1. The molecule has 1 amide bonds. The first-order chi connectivity index (χ1) is 9.08. The lowest BCUT2D eigenvalue weighted by Crippen LogP contribution is -2.39. The number of aliphatic hydroxyl groups is 1. The van der Waals surface area contributed by atoms with Crippen molar-refractivity contribution < 1.29 is 9.90 Å². The minimum Gasteiger partial charge on any atom is -0.383 e. The van der Waals surface area contributed by atoms with E-state index in [0.29, 0.717) is 11.0 Å². The number of hydrogen-bond acceptors (Lipinski definition) is 4. The quantitative estimate of drug-likeness (QED) is 0.849. The zero-order chi connectivity index (χ0) is 13.7. The van der Waals surface area contributed by atoms with Gasteiger partial charge in [-0.05, 0) is 31.2 Å². The van der Waals surface area contributed by atoms with Crippen LogP contribution in [-0.2, 0) is 10.4 Å². The molecule has 1 aromatic rings. The highest BCUT2D eigenvalue weighted by Crippen LogP contribution is 2.29. The van der Waals surface area contributed by atoms with Crippen LogP contribution in [-0.4, -0.2) is 28.6 Å². The van der Waals surface area contributed by atoms with Crippen molar-refractivity contribution in [1.29, 1.82) is 0 Å². The van der Waals surface area contributed by atoms with Gasteiger partial charge in [-0.1, -0.05) is 18.9 Å². The summed E-state index contributed by atoms with van der Waals surface area (Å²) in [5, 5.41) is 15.7. The summed E-state index contributed by atoms with van der Waals surface area (Å²) in [6, 6.07) is 3.80. The van der Waals surface area contributed by atoms with Crippen LogP contribution in [0.4, 0.5) is 0 Å². The lowest BCUT2D eigenvalue weighted by Gasteiger charge is -2.22. The van der Waals surface area contributed by atoms with Gasteiger partial charge >= 0.3 is 0 Å². The molecule has 0 aromatic carbocycles. The molecule has 1 fully saturated rings. The van der Waals surface area contributed by atoms with E-state index in [1.54, 1.807) is 18.7 Å². The zero-order valence-corrected chi connectivity index (χ0v) is 12.9. The summed E-state index contributed by atoms with van der Waals surface area (Å²) in [4.78, 5) is 12.7. The summed E-state index contributed by atoms with van der Waals surface area (Å²) in [5.74, 6) is 0.527.